The van der Waals surface area contributed by atoms with E-state index in [0.717, 1.165) is 44.7 Å². The maximum Gasteiger partial charge on any atom is 0.128 e. The molecule has 0 fully saturated rings. The van der Waals surface area contributed by atoms with Gasteiger partial charge in [0.05, 0.1) is 5.69 Å². The van der Waals surface area contributed by atoms with Crippen LogP contribution in [-0.4, -0.2) is 26.4 Å². The Morgan fingerprint density at radius 2 is 2.12 bits per heavy atom. The van der Waals surface area contributed by atoms with Gasteiger partial charge in [-0.25, -0.2) is 9.97 Å². The Morgan fingerprint density at radius 3 is 3.04 bits per heavy atom. The fourth-order valence-electron chi connectivity index (χ4n) is 3.45. The summed E-state index contributed by atoms with van der Waals surface area (Å²) in [6, 6.07) is 8.59. The summed E-state index contributed by atoms with van der Waals surface area (Å²) in [6.07, 6.45) is 8.94. The maximum atomic E-state index is 4.79. The lowest BCUT2D eigenvalue weighted by atomic mass is 10.0. The van der Waals surface area contributed by atoms with Gasteiger partial charge in [-0.3, -0.25) is 9.88 Å². The van der Waals surface area contributed by atoms with E-state index >= 15 is 0 Å². The van der Waals surface area contributed by atoms with Crippen LogP contribution in [0.2, 0.25) is 0 Å². The number of rotatable bonds is 4. The molecular weight excluding hydrogens is 296 g/mol. The molecule has 1 aromatic carbocycles. The Morgan fingerprint density at radius 1 is 1.17 bits per heavy atom. The summed E-state index contributed by atoms with van der Waals surface area (Å²) in [5.41, 5.74) is 3.89. The van der Waals surface area contributed by atoms with Crippen molar-refractivity contribution in [1.82, 2.24) is 19.9 Å². The number of nitrogens with zero attached hydrogens (tertiary/aromatic N) is 4. The molecule has 0 bridgehead atoms. The first-order chi connectivity index (χ1) is 11.8. The summed E-state index contributed by atoms with van der Waals surface area (Å²) in [7, 11) is 0. The third-order valence-electron chi connectivity index (χ3n) is 4.71. The van der Waals surface area contributed by atoms with Crippen LogP contribution in [0, 0.1) is 0 Å². The molecule has 0 atom stereocenters. The summed E-state index contributed by atoms with van der Waals surface area (Å²) >= 11 is 0. The van der Waals surface area contributed by atoms with Gasteiger partial charge in [-0.05, 0) is 35.4 Å². The second-order valence-corrected chi connectivity index (χ2v) is 6.48. The Balaban J connectivity index is 1.57. The van der Waals surface area contributed by atoms with E-state index in [1.165, 1.54) is 27.6 Å². The lowest BCUT2D eigenvalue weighted by molar-refractivity contribution is 0.241. The third-order valence-corrected chi connectivity index (χ3v) is 4.71. The quantitative estimate of drug-likeness (QED) is 0.738. The molecule has 4 nitrogen and oxygen atoms in total. The topological polar surface area (TPSA) is 41.9 Å². The minimum atomic E-state index is 0.913. The number of aryl methyl sites for hydroxylation is 1. The standard InChI is InChI=1S/C20H22N4/c1-2-4-20-22-12-16-8-10-24(14-19(16)23-20)13-17-6-3-5-15-11-21-9-7-18(15)17/h3,5-7,9,11-12H,2,4,8,10,13-14H2,1H3. The molecule has 1 aliphatic heterocycles. The molecule has 0 spiro atoms. The molecule has 3 heterocycles. The van der Waals surface area contributed by atoms with Crippen LogP contribution in [0.1, 0.15) is 36.0 Å². The average Bonchev–Trinajstić information content (AvgIpc) is 2.62. The minimum absolute atomic E-state index is 0.913. The molecule has 0 saturated carbocycles. The van der Waals surface area contributed by atoms with Crippen LogP contribution in [0.25, 0.3) is 10.8 Å². The van der Waals surface area contributed by atoms with Crippen LogP contribution in [-0.2, 0) is 25.9 Å². The predicted molar refractivity (Wildman–Crippen MR) is 95.6 cm³/mol. The molecular formula is C20H22N4. The first-order valence-corrected chi connectivity index (χ1v) is 8.71. The molecule has 0 aliphatic carbocycles. The Bertz CT molecular complexity index is 854. The SMILES string of the molecule is CCCc1ncc2c(n1)CN(Cc1cccc3cnccc13)CC2. The van der Waals surface area contributed by atoms with Gasteiger partial charge in [-0.15, -0.1) is 0 Å². The molecule has 4 heteroatoms. The molecule has 0 N–H and O–H groups in total. The van der Waals surface area contributed by atoms with Gasteiger partial charge in [0.15, 0.2) is 0 Å². The normalized spacial score (nSPS) is 14.7. The van der Waals surface area contributed by atoms with E-state index in [9.17, 15) is 0 Å². The minimum Gasteiger partial charge on any atom is -0.293 e. The lowest BCUT2D eigenvalue weighted by Gasteiger charge is -2.28. The van der Waals surface area contributed by atoms with Gasteiger partial charge in [0.1, 0.15) is 5.82 Å². The van der Waals surface area contributed by atoms with E-state index in [-0.39, 0.29) is 0 Å². The van der Waals surface area contributed by atoms with Gasteiger partial charge in [-0.2, -0.15) is 0 Å². The second kappa shape index (κ2) is 6.65. The highest BCUT2D eigenvalue weighted by Crippen LogP contribution is 2.23. The number of fused-ring (bicyclic) bond motifs is 2. The van der Waals surface area contributed by atoms with Crippen molar-refractivity contribution >= 4 is 10.8 Å². The fourth-order valence-corrected chi connectivity index (χ4v) is 3.45. The van der Waals surface area contributed by atoms with Crippen LogP contribution >= 0.6 is 0 Å². The van der Waals surface area contributed by atoms with Crippen molar-refractivity contribution in [3.8, 4) is 0 Å². The van der Waals surface area contributed by atoms with Gasteiger partial charge in [-0.1, -0.05) is 25.1 Å². The fraction of sp³-hybridized carbons (Fsp3) is 0.350. The predicted octanol–water partition coefficient (Wildman–Crippen LogP) is 3.54. The molecule has 1 aliphatic rings. The van der Waals surface area contributed by atoms with Crippen molar-refractivity contribution in [2.24, 2.45) is 0 Å². The molecule has 2 aromatic heterocycles. The zero-order valence-electron chi connectivity index (χ0n) is 14.1. The van der Waals surface area contributed by atoms with E-state index < -0.39 is 0 Å². The highest BCUT2D eigenvalue weighted by molar-refractivity contribution is 5.84. The van der Waals surface area contributed by atoms with Gasteiger partial charge < -0.3 is 0 Å². The number of hydrogen-bond acceptors (Lipinski definition) is 4. The molecule has 0 radical (unpaired) electrons. The Kier molecular flexibility index (Phi) is 4.22. The zero-order chi connectivity index (χ0) is 16.4. The van der Waals surface area contributed by atoms with Crippen molar-refractivity contribution in [2.45, 2.75) is 39.3 Å². The molecule has 24 heavy (non-hydrogen) atoms. The number of hydrogen-bond donors (Lipinski definition) is 0. The van der Waals surface area contributed by atoms with E-state index in [2.05, 4.69) is 46.1 Å². The maximum absolute atomic E-state index is 4.79. The molecule has 0 saturated heterocycles. The molecule has 3 aromatic rings. The van der Waals surface area contributed by atoms with Crippen LogP contribution in [0.4, 0.5) is 0 Å². The lowest BCUT2D eigenvalue weighted by Crippen LogP contribution is -2.31. The largest absolute Gasteiger partial charge is 0.293 e. The van der Waals surface area contributed by atoms with Gasteiger partial charge in [0, 0.05) is 50.0 Å². The zero-order valence-corrected chi connectivity index (χ0v) is 14.1. The smallest absolute Gasteiger partial charge is 0.128 e. The van der Waals surface area contributed by atoms with Gasteiger partial charge >= 0.3 is 0 Å². The average molecular weight is 318 g/mol. The molecule has 0 amide bonds. The van der Waals surface area contributed by atoms with Crippen LogP contribution < -0.4 is 0 Å². The summed E-state index contributed by atoms with van der Waals surface area (Å²) in [6.45, 7) is 5.10. The number of benzene rings is 1. The van der Waals surface area contributed by atoms with E-state index in [1.54, 1.807) is 0 Å². The first kappa shape index (κ1) is 15.2. The van der Waals surface area contributed by atoms with Crippen molar-refractivity contribution in [3.63, 3.8) is 0 Å². The van der Waals surface area contributed by atoms with Crippen LogP contribution in [0.5, 0.6) is 0 Å². The van der Waals surface area contributed by atoms with E-state index in [1.807, 2.05) is 18.6 Å². The highest BCUT2D eigenvalue weighted by atomic mass is 15.1. The van der Waals surface area contributed by atoms with Crippen molar-refractivity contribution < 1.29 is 0 Å². The van der Waals surface area contributed by atoms with Crippen molar-refractivity contribution in [2.75, 3.05) is 6.54 Å². The third kappa shape index (κ3) is 3.02. The highest BCUT2D eigenvalue weighted by Gasteiger charge is 2.19. The van der Waals surface area contributed by atoms with E-state index in [4.69, 9.17) is 4.98 Å². The van der Waals surface area contributed by atoms with Crippen molar-refractivity contribution in [3.05, 3.63) is 65.5 Å². The van der Waals surface area contributed by atoms with Crippen LogP contribution in [0.15, 0.2) is 42.9 Å². The second-order valence-electron chi connectivity index (χ2n) is 6.48. The van der Waals surface area contributed by atoms with Gasteiger partial charge in [0.2, 0.25) is 0 Å². The van der Waals surface area contributed by atoms with Crippen LogP contribution in [0.3, 0.4) is 0 Å². The Labute approximate surface area is 142 Å². The molecule has 4 rings (SSSR count). The van der Waals surface area contributed by atoms with Gasteiger partial charge in [0.25, 0.3) is 0 Å². The summed E-state index contributed by atoms with van der Waals surface area (Å²) in [5.74, 6) is 0.981. The molecule has 0 unspecified atom stereocenters. The van der Waals surface area contributed by atoms with E-state index in [0.29, 0.717) is 0 Å². The summed E-state index contributed by atoms with van der Waals surface area (Å²) in [4.78, 5) is 16.0. The summed E-state index contributed by atoms with van der Waals surface area (Å²) in [5, 5.41) is 2.51. The number of aromatic nitrogens is 3. The first-order valence-electron chi connectivity index (χ1n) is 8.71. The summed E-state index contributed by atoms with van der Waals surface area (Å²) < 4.78 is 0. The molecule has 122 valence electrons. The Hall–Kier alpha value is -2.33. The monoisotopic (exact) mass is 318 g/mol. The number of pyridine rings is 1. The van der Waals surface area contributed by atoms with Crippen molar-refractivity contribution in [1.29, 1.82) is 0 Å².